The van der Waals surface area contributed by atoms with Crippen LogP contribution in [0.15, 0.2) is 30.5 Å². The van der Waals surface area contributed by atoms with E-state index in [0.717, 1.165) is 5.56 Å². The van der Waals surface area contributed by atoms with E-state index < -0.39 is 5.82 Å². The van der Waals surface area contributed by atoms with Crippen molar-refractivity contribution in [2.45, 2.75) is 12.5 Å². The summed E-state index contributed by atoms with van der Waals surface area (Å²) in [6.45, 7) is 0. The molecule has 0 bridgehead atoms. The maximum atomic E-state index is 13.2. The van der Waals surface area contributed by atoms with Crippen LogP contribution in [0.25, 0.3) is 0 Å². The fourth-order valence-electron chi connectivity index (χ4n) is 1.92. The third-order valence-corrected chi connectivity index (χ3v) is 3.74. The number of nitrogens with zero attached hydrogens (tertiary/aromatic N) is 1. The second-order valence-electron chi connectivity index (χ2n) is 4.31. The Morgan fingerprint density at radius 1 is 1.20 bits per heavy atom. The van der Waals surface area contributed by atoms with E-state index in [0.29, 0.717) is 22.2 Å². The minimum atomic E-state index is -0.431. The van der Waals surface area contributed by atoms with Gasteiger partial charge in [0.25, 0.3) is 0 Å². The van der Waals surface area contributed by atoms with Crippen LogP contribution in [-0.2, 0) is 6.42 Å². The zero-order chi connectivity index (χ0) is 14.7. The lowest BCUT2D eigenvalue weighted by Crippen LogP contribution is -2.20. The molecule has 20 heavy (non-hydrogen) atoms. The molecule has 1 aromatic heterocycles. The lowest BCUT2D eigenvalue weighted by atomic mass is 10.0. The Kier molecular flexibility index (Phi) is 5.22. The predicted octanol–water partition coefficient (Wildman–Crippen LogP) is 4.68. The van der Waals surface area contributed by atoms with E-state index in [1.54, 1.807) is 24.4 Å². The number of halogens is 4. The van der Waals surface area contributed by atoms with Crippen LogP contribution in [0.5, 0.6) is 0 Å². The summed E-state index contributed by atoms with van der Waals surface area (Å²) in [7, 11) is 1.81. The lowest BCUT2D eigenvalue weighted by molar-refractivity contribution is 0.574. The molecule has 1 atom stereocenters. The van der Waals surface area contributed by atoms with Crippen LogP contribution in [0.3, 0.4) is 0 Å². The van der Waals surface area contributed by atoms with Crippen molar-refractivity contribution in [1.29, 1.82) is 0 Å². The Labute approximate surface area is 131 Å². The summed E-state index contributed by atoms with van der Waals surface area (Å²) in [4.78, 5) is 4.25. The summed E-state index contributed by atoms with van der Waals surface area (Å²) >= 11 is 17.8. The first-order valence-corrected chi connectivity index (χ1v) is 7.06. The Morgan fingerprint density at radius 2 is 1.95 bits per heavy atom. The van der Waals surface area contributed by atoms with E-state index in [1.807, 2.05) is 7.05 Å². The van der Waals surface area contributed by atoms with Gasteiger partial charge in [-0.3, -0.25) is 4.98 Å². The smallest absolute Gasteiger partial charge is 0.141 e. The van der Waals surface area contributed by atoms with Gasteiger partial charge in [-0.1, -0.05) is 40.9 Å². The van der Waals surface area contributed by atoms with Crippen molar-refractivity contribution in [3.63, 3.8) is 0 Å². The molecular weight excluding hydrogens is 322 g/mol. The first kappa shape index (κ1) is 15.5. The minimum absolute atomic E-state index is 0.104. The third kappa shape index (κ3) is 3.61. The van der Waals surface area contributed by atoms with Crippen molar-refractivity contribution in [2.75, 3.05) is 7.05 Å². The molecule has 0 saturated carbocycles. The Balaban J connectivity index is 2.26. The van der Waals surface area contributed by atoms with Crippen molar-refractivity contribution >= 4 is 34.8 Å². The zero-order valence-corrected chi connectivity index (χ0v) is 12.9. The molecule has 0 aliphatic carbocycles. The van der Waals surface area contributed by atoms with Gasteiger partial charge in [0.2, 0.25) is 0 Å². The van der Waals surface area contributed by atoms with Gasteiger partial charge in [0.1, 0.15) is 5.82 Å². The van der Waals surface area contributed by atoms with E-state index in [2.05, 4.69) is 10.3 Å². The monoisotopic (exact) mass is 332 g/mol. The molecule has 1 unspecified atom stereocenters. The first-order valence-electron chi connectivity index (χ1n) is 5.93. The molecule has 0 aliphatic rings. The number of pyridine rings is 1. The summed E-state index contributed by atoms with van der Waals surface area (Å²) in [5.74, 6) is -0.431. The molecule has 1 N–H and O–H groups in total. The van der Waals surface area contributed by atoms with Crippen LogP contribution in [0.2, 0.25) is 15.1 Å². The van der Waals surface area contributed by atoms with Crippen LogP contribution < -0.4 is 5.32 Å². The number of hydrogen-bond donors (Lipinski definition) is 1. The number of likely N-dealkylation sites (N-methyl/N-ethyl adjacent to an activating group) is 1. The number of hydrogen-bond acceptors (Lipinski definition) is 2. The molecule has 0 spiro atoms. The van der Waals surface area contributed by atoms with Crippen molar-refractivity contribution in [3.8, 4) is 0 Å². The normalized spacial score (nSPS) is 12.4. The largest absolute Gasteiger partial charge is 0.311 e. The average molecular weight is 334 g/mol. The maximum absolute atomic E-state index is 13.2. The van der Waals surface area contributed by atoms with Crippen LogP contribution in [0.1, 0.15) is 17.3 Å². The summed E-state index contributed by atoms with van der Waals surface area (Å²) in [5, 5.41) is 4.21. The highest BCUT2D eigenvalue weighted by atomic mass is 35.5. The quantitative estimate of drug-likeness (QED) is 0.878. The van der Waals surface area contributed by atoms with E-state index in [1.165, 1.54) is 6.07 Å². The Morgan fingerprint density at radius 3 is 2.55 bits per heavy atom. The highest BCUT2D eigenvalue weighted by Crippen LogP contribution is 2.27. The molecule has 2 rings (SSSR count). The molecule has 1 aromatic carbocycles. The molecule has 0 saturated heterocycles. The van der Waals surface area contributed by atoms with Gasteiger partial charge in [-0.25, -0.2) is 4.39 Å². The number of aromatic nitrogens is 1. The molecule has 106 valence electrons. The van der Waals surface area contributed by atoms with Crippen LogP contribution in [0, 0.1) is 5.82 Å². The SMILES string of the molecule is CNC(Cc1ccc(F)c(Cl)c1)c1ncc(Cl)cc1Cl. The van der Waals surface area contributed by atoms with E-state index in [-0.39, 0.29) is 11.1 Å². The minimum Gasteiger partial charge on any atom is -0.311 e. The van der Waals surface area contributed by atoms with Gasteiger partial charge in [0.05, 0.1) is 26.8 Å². The van der Waals surface area contributed by atoms with E-state index in [9.17, 15) is 4.39 Å². The summed E-state index contributed by atoms with van der Waals surface area (Å²) in [6.07, 6.45) is 2.13. The summed E-state index contributed by atoms with van der Waals surface area (Å²) in [6, 6.07) is 6.18. The molecule has 2 nitrogen and oxygen atoms in total. The molecular formula is C14H12Cl3FN2. The number of benzene rings is 1. The van der Waals surface area contributed by atoms with Gasteiger partial charge in [-0.2, -0.15) is 0 Å². The van der Waals surface area contributed by atoms with E-state index in [4.69, 9.17) is 34.8 Å². The molecule has 0 amide bonds. The fraction of sp³-hybridized carbons (Fsp3) is 0.214. The first-order chi connectivity index (χ1) is 9.51. The van der Waals surface area contributed by atoms with Crippen molar-refractivity contribution < 1.29 is 4.39 Å². The molecule has 2 aromatic rings. The second-order valence-corrected chi connectivity index (χ2v) is 5.57. The molecule has 0 radical (unpaired) electrons. The molecule has 0 aliphatic heterocycles. The van der Waals surface area contributed by atoms with Gasteiger partial charge in [-0.05, 0) is 37.2 Å². The highest BCUT2D eigenvalue weighted by molar-refractivity contribution is 6.34. The average Bonchev–Trinajstić information content (AvgIpc) is 2.41. The lowest BCUT2D eigenvalue weighted by Gasteiger charge is -2.17. The van der Waals surface area contributed by atoms with Crippen molar-refractivity contribution in [1.82, 2.24) is 10.3 Å². The molecule has 0 fully saturated rings. The molecule has 1 heterocycles. The van der Waals surface area contributed by atoms with Crippen LogP contribution in [-0.4, -0.2) is 12.0 Å². The topological polar surface area (TPSA) is 24.9 Å². The number of nitrogens with one attached hydrogen (secondary N) is 1. The van der Waals surface area contributed by atoms with Crippen LogP contribution >= 0.6 is 34.8 Å². The molecule has 6 heteroatoms. The maximum Gasteiger partial charge on any atom is 0.141 e. The van der Waals surface area contributed by atoms with Gasteiger partial charge in [0.15, 0.2) is 0 Å². The Bertz CT molecular complexity index is 619. The number of rotatable bonds is 4. The van der Waals surface area contributed by atoms with Crippen molar-refractivity contribution in [3.05, 3.63) is 62.6 Å². The predicted molar refractivity (Wildman–Crippen MR) is 81.2 cm³/mol. The Hall–Kier alpha value is -0.870. The summed E-state index contributed by atoms with van der Waals surface area (Å²) < 4.78 is 13.2. The standard InChI is InChI=1S/C14H12Cl3FN2/c1-19-13(14-11(17)6-9(15)7-20-14)5-8-2-3-12(18)10(16)4-8/h2-4,6-7,13,19H,5H2,1H3. The zero-order valence-electron chi connectivity index (χ0n) is 10.6. The van der Waals surface area contributed by atoms with E-state index >= 15 is 0 Å². The highest BCUT2D eigenvalue weighted by Gasteiger charge is 2.16. The van der Waals surface area contributed by atoms with Crippen LogP contribution in [0.4, 0.5) is 4.39 Å². The van der Waals surface area contributed by atoms with Gasteiger partial charge in [0, 0.05) is 6.20 Å². The third-order valence-electron chi connectivity index (χ3n) is 2.94. The van der Waals surface area contributed by atoms with Gasteiger partial charge >= 0.3 is 0 Å². The van der Waals surface area contributed by atoms with Gasteiger partial charge in [-0.15, -0.1) is 0 Å². The second kappa shape index (κ2) is 6.72. The summed E-state index contributed by atoms with van der Waals surface area (Å²) in [5.41, 5.74) is 1.59. The van der Waals surface area contributed by atoms with Crippen molar-refractivity contribution in [2.24, 2.45) is 0 Å². The fourth-order valence-corrected chi connectivity index (χ4v) is 2.63. The van der Waals surface area contributed by atoms with Gasteiger partial charge < -0.3 is 5.32 Å².